The van der Waals surface area contributed by atoms with Crippen molar-refractivity contribution in [3.8, 4) is 34.0 Å². The average Bonchev–Trinajstić information content (AvgIpc) is 2.69. The van der Waals surface area contributed by atoms with Gasteiger partial charge in [-0.1, -0.05) is 18.2 Å². The molecule has 0 saturated carbocycles. The summed E-state index contributed by atoms with van der Waals surface area (Å²) < 4.78 is 0. The van der Waals surface area contributed by atoms with Crippen LogP contribution in [0.2, 0.25) is 0 Å². The van der Waals surface area contributed by atoms with Crippen LogP contribution >= 0.6 is 0 Å². The molecule has 4 N–H and O–H groups in total. The minimum atomic E-state index is 0.625. The molecule has 5 nitrogen and oxygen atoms in total. The summed E-state index contributed by atoms with van der Waals surface area (Å²) in [5.74, 6) is 0.625. The van der Waals surface area contributed by atoms with Gasteiger partial charge in [-0.15, -0.1) is 0 Å². The van der Waals surface area contributed by atoms with E-state index in [2.05, 4.69) is 4.98 Å². The summed E-state index contributed by atoms with van der Waals surface area (Å²) in [5.41, 5.74) is 17.3. The maximum Gasteiger partial charge on any atom is 0.160 e. The van der Waals surface area contributed by atoms with Gasteiger partial charge in [-0.2, -0.15) is 0 Å². The Balaban J connectivity index is 1.89. The summed E-state index contributed by atoms with van der Waals surface area (Å²) in [5, 5.41) is 0. The highest BCUT2D eigenvalue weighted by molar-refractivity contribution is 5.71. The normalized spacial score (nSPS) is 10.6. The van der Waals surface area contributed by atoms with E-state index in [1.54, 1.807) is 6.20 Å². The zero-order chi connectivity index (χ0) is 17.9. The van der Waals surface area contributed by atoms with Crippen LogP contribution < -0.4 is 11.5 Å². The Hall–Kier alpha value is -3.73. The number of nitrogens with two attached hydrogens (primary N) is 2. The van der Waals surface area contributed by atoms with E-state index in [9.17, 15) is 0 Å². The molecule has 126 valence electrons. The van der Waals surface area contributed by atoms with Crippen LogP contribution in [0.1, 0.15) is 0 Å². The summed E-state index contributed by atoms with van der Waals surface area (Å²) in [4.78, 5) is 13.9. The van der Waals surface area contributed by atoms with Gasteiger partial charge in [-0.25, -0.2) is 9.97 Å². The van der Waals surface area contributed by atoms with E-state index in [-0.39, 0.29) is 0 Å². The average molecular weight is 339 g/mol. The molecule has 0 aliphatic rings. The summed E-state index contributed by atoms with van der Waals surface area (Å²) in [6.07, 6.45) is 1.75. The van der Waals surface area contributed by atoms with Gasteiger partial charge in [0, 0.05) is 28.7 Å². The van der Waals surface area contributed by atoms with Crippen molar-refractivity contribution in [3.05, 3.63) is 79.0 Å². The number of hydrogen-bond donors (Lipinski definition) is 2. The summed E-state index contributed by atoms with van der Waals surface area (Å²) in [7, 11) is 0. The van der Waals surface area contributed by atoms with Crippen LogP contribution in [-0.2, 0) is 0 Å². The predicted octanol–water partition coefficient (Wildman–Crippen LogP) is 4.04. The van der Waals surface area contributed by atoms with Crippen molar-refractivity contribution in [1.29, 1.82) is 0 Å². The lowest BCUT2D eigenvalue weighted by Gasteiger charge is -2.09. The molecule has 0 radical (unpaired) electrons. The molecule has 0 amide bonds. The molecular weight excluding hydrogens is 322 g/mol. The van der Waals surface area contributed by atoms with Gasteiger partial charge in [-0.05, 0) is 54.6 Å². The van der Waals surface area contributed by atoms with Crippen molar-refractivity contribution in [2.24, 2.45) is 0 Å². The largest absolute Gasteiger partial charge is 0.399 e. The van der Waals surface area contributed by atoms with Crippen LogP contribution in [-0.4, -0.2) is 15.0 Å². The number of aromatic nitrogens is 3. The molecule has 2 heterocycles. The van der Waals surface area contributed by atoms with E-state index < -0.39 is 0 Å². The lowest BCUT2D eigenvalue weighted by Crippen LogP contribution is -1.97. The third kappa shape index (κ3) is 3.23. The monoisotopic (exact) mass is 339 g/mol. The molecule has 2 aromatic carbocycles. The second kappa shape index (κ2) is 6.64. The molecule has 5 heteroatoms. The number of nitrogens with zero attached hydrogens (tertiary/aromatic N) is 3. The van der Waals surface area contributed by atoms with Crippen molar-refractivity contribution in [2.45, 2.75) is 0 Å². The Morgan fingerprint density at radius 1 is 0.577 bits per heavy atom. The Morgan fingerprint density at radius 2 is 1.19 bits per heavy atom. The van der Waals surface area contributed by atoms with Crippen LogP contribution in [0.25, 0.3) is 34.0 Å². The quantitative estimate of drug-likeness (QED) is 0.550. The van der Waals surface area contributed by atoms with E-state index in [4.69, 9.17) is 21.4 Å². The molecule has 0 aliphatic heterocycles. The number of benzene rings is 2. The Kier molecular flexibility index (Phi) is 4.03. The van der Waals surface area contributed by atoms with Crippen molar-refractivity contribution in [2.75, 3.05) is 11.5 Å². The molecule has 0 saturated heterocycles. The van der Waals surface area contributed by atoms with Crippen molar-refractivity contribution in [1.82, 2.24) is 15.0 Å². The smallest absolute Gasteiger partial charge is 0.160 e. The van der Waals surface area contributed by atoms with Crippen LogP contribution in [0.4, 0.5) is 11.4 Å². The first-order valence-electron chi connectivity index (χ1n) is 8.21. The molecule has 0 spiro atoms. The van der Waals surface area contributed by atoms with Gasteiger partial charge in [-0.3, -0.25) is 4.98 Å². The molecule has 0 unspecified atom stereocenters. The van der Waals surface area contributed by atoms with Gasteiger partial charge in [0.05, 0.1) is 17.1 Å². The first-order chi connectivity index (χ1) is 12.7. The molecule has 0 bridgehead atoms. The first-order valence-corrected chi connectivity index (χ1v) is 8.21. The highest BCUT2D eigenvalue weighted by atomic mass is 14.9. The minimum Gasteiger partial charge on any atom is -0.399 e. The van der Waals surface area contributed by atoms with Crippen LogP contribution in [0, 0.1) is 0 Å². The lowest BCUT2D eigenvalue weighted by molar-refractivity contribution is 1.16. The number of pyridine rings is 1. The Bertz CT molecular complexity index is 962. The number of nitrogen functional groups attached to an aromatic ring is 2. The zero-order valence-electron chi connectivity index (χ0n) is 14.0. The number of hydrogen-bond acceptors (Lipinski definition) is 5. The second-order valence-corrected chi connectivity index (χ2v) is 5.92. The third-order valence-electron chi connectivity index (χ3n) is 4.03. The molecule has 4 aromatic rings. The first kappa shape index (κ1) is 15.8. The van der Waals surface area contributed by atoms with Crippen molar-refractivity contribution >= 4 is 11.4 Å². The van der Waals surface area contributed by atoms with E-state index in [0.29, 0.717) is 17.2 Å². The molecule has 4 rings (SSSR count). The van der Waals surface area contributed by atoms with Gasteiger partial charge in [0.25, 0.3) is 0 Å². The van der Waals surface area contributed by atoms with Gasteiger partial charge >= 0.3 is 0 Å². The van der Waals surface area contributed by atoms with E-state index in [1.807, 2.05) is 72.8 Å². The number of anilines is 2. The SMILES string of the molecule is Nc1ccc(-c2cc(-c3ccccn3)nc(-c3ccc(N)cc3)n2)cc1. The van der Waals surface area contributed by atoms with Crippen molar-refractivity contribution in [3.63, 3.8) is 0 Å². The molecule has 0 atom stereocenters. The molecule has 0 fully saturated rings. The van der Waals surface area contributed by atoms with E-state index in [0.717, 1.165) is 28.2 Å². The third-order valence-corrected chi connectivity index (χ3v) is 4.03. The van der Waals surface area contributed by atoms with Gasteiger partial charge in [0.2, 0.25) is 0 Å². The van der Waals surface area contributed by atoms with Crippen LogP contribution in [0.15, 0.2) is 79.0 Å². The Morgan fingerprint density at radius 3 is 1.81 bits per heavy atom. The topological polar surface area (TPSA) is 90.7 Å². The van der Waals surface area contributed by atoms with Crippen LogP contribution in [0.5, 0.6) is 0 Å². The molecule has 0 aliphatic carbocycles. The van der Waals surface area contributed by atoms with Gasteiger partial charge in [0.1, 0.15) is 0 Å². The summed E-state index contributed by atoms with van der Waals surface area (Å²) in [6.45, 7) is 0. The maximum atomic E-state index is 5.81. The standard InChI is InChI=1S/C21H17N5/c22-16-8-4-14(5-9-16)19-13-20(18-3-1-2-12-24-18)26-21(25-19)15-6-10-17(23)11-7-15/h1-13H,22-23H2. The van der Waals surface area contributed by atoms with Crippen LogP contribution in [0.3, 0.4) is 0 Å². The van der Waals surface area contributed by atoms with E-state index >= 15 is 0 Å². The second-order valence-electron chi connectivity index (χ2n) is 5.92. The predicted molar refractivity (Wildman–Crippen MR) is 105 cm³/mol. The molecular formula is C21H17N5. The highest BCUT2D eigenvalue weighted by Gasteiger charge is 2.11. The Labute approximate surface area is 151 Å². The van der Waals surface area contributed by atoms with Crippen molar-refractivity contribution < 1.29 is 0 Å². The fraction of sp³-hybridized carbons (Fsp3) is 0. The van der Waals surface area contributed by atoms with Gasteiger partial charge < -0.3 is 11.5 Å². The molecule has 26 heavy (non-hydrogen) atoms. The van der Waals surface area contributed by atoms with Gasteiger partial charge in [0.15, 0.2) is 5.82 Å². The maximum absolute atomic E-state index is 5.81. The highest BCUT2D eigenvalue weighted by Crippen LogP contribution is 2.27. The number of rotatable bonds is 3. The summed E-state index contributed by atoms with van der Waals surface area (Å²) in [6, 6.07) is 22.8. The summed E-state index contributed by atoms with van der Waals surface area (Å²) >= 11 is 0. The molecule has 2 aromatic heterocycles. The fourth-order valence-corrected chi connectivity index (χ4v) is 2.66. The lowest BCUT2D eigenvalue weighted by atomic mass is 10.1. The fourth-order valence-electron chi connectivity index (χ4n) is 2.66. The zero-order valence-corrected chi connectivity index (χ0v) is 14.0. The minimum absolute atomic E-state index is 0.625. The van der Waals surface area contributed by atoms with E-state index in [1.165, 1.54) is 0 Å².